The van der Waals surface area contributed by atoms with Crippen LogP contribution in [-0.2, 0) is 11.3 Å². The van der Waals surface area contributed by atoms with Crippen LogP contribution in [0.5, 0.6) is 0 Å². The van der Waals surface area contributed by atoms with Gasteiger partial charge in [-0.25, -0.2) is 0 Å². The number of piperidine rings is 1. The minimum atomic E-state index is 0.455. The molecule has 1 aromatic rings. The predicted molar refractivity (Wildman–Crippen MR) is 68.5 cm³/mol. The Hall–Kier alpha value is -0.860. The second kappa shape index (κ2) is 8.31. The molecule has 0 amide bonds. The maximum atomic E-state index is 5.83. The lowest BCUT2D eigenvalue weighted by molar-refractivity contribution is 0.0212. The maximum absolute atomic E-state index is 5.83. The summed E-state index contributed by atoms with van der Waals surface area (Å²) < 4.78 is 5.83. The van der Waals surface area contributed by atoms with Gasteiger partial charge >= 0.3 is 0 Å². The number of hydrogen-bond acceptors (Lipinski definition) is 2. The lowest BCUT2D eigenvalue weighted by atomic mass is 10.1. The summed E-state index contributed by atoms with van der Waals surface area (Å²) >= 11 is 0. The molecule has 0 aromatic heterocycles. The molecule has 1 fully saturated rings. The molecule has 0 aliphatic carbocycles. The van der Waals surface area contributed by atoms with Gasteiger partial charge in [-0.05, 0) is 31.5 Å². The first-order valence-corrected chi connectivity index (χ1v) is 6.31. The van der Waals surface area contributed by atoms with E-state index in [1.807, 2.05) is 19.9 Å². The molecular weight excluding hydrogens is 198 g/mol. The lowest BCUT2D eigenvalue weighted by Crippen LogP contribution is -2.32. The first-order chi connectivity index (χ1) is 7.95. The van der Waals surface area contributed by atoms with Gasteiger partial charge in [-0.3, -0.25) is 0 Å². The van der Waals surface area contributed by atoms with Crippen molar-refractivity contribution < 1.29 is 4.74 Å². The average molecular weight is 221 g/mol. The molecule has 2 nitrogen and oxygen atoms in total. The Labute approximate surface area is 99.0 Å². The van der Waals surface area contributed by atoms with E-state index in [0.29, 0.717) is 6.10 Å². The van der Waals surface area contributed by atoms with Crippen LogP contribution in [0.2, 0.25) is 0 Å². The van der Waals surface area contributed by atoms with E-state index in [4.69, 9.17) is 4.74 Å². The zero-order valence-corrected chi connectivity index (χ0v) is 10.4. The first-order valence-electron chi connectivity index (χ1n) is 6.31. The number of benzene rings is 1. The Morgan fingerprint density at radius 2 is 1.75 bits per heavy atom. The Morgan fingerprint density at radius 3 is 2.38 bits per heavy atom. The maximum Gasteiger partial charge on any atom is 0.0720 e. The summed E-state index contributed by atoms with van der Waals surface area (Å²) in [7, 11) is 0. The molecule has 1 heterocycles. The van der Waals surface area contributed by atoms with Crippen LogP contribution in [0.4, 0.5) is 0 Å². The van der Waals surface area contributed by atoms with E-state index in [2.05, 4.69) is 29.6 Å². The fourth-order valence-corrected chi connectivity index (χ4v) is 1.75. The van der Waals surface area contributed by atoms with Crippen molar-refractivity contribution in [1.29, 1.82) is 0 Å². The van der Waals surface area contributed by atoms with Crippen molar-refractivity contribution >= 4 is 0 Å². The standard InChI is InChI=1S/C12H17NO.C2H6/c1-2-4-11(5-3-1)10-14-12-6-8-13-9-7-12;1-2/h1-5,12-13H,6-10H2;1-2H3. The van der Waals surface area contributed by atoms with Gasteiger partial charge < -0.3 is 10.1 Å². The van der Waals surface area contributed by atoms with Gasteiger partial charge in [0.2, 0.25) is 0 Å². The van der Waals surface area contributed by atoms with E-state index >= 15 is 0 Å². The molecule has 0 bridgehead atoms. The molecule has 0 unspecified atom stereocenters. The van der Waals surface area contributed by atoms with Gasteiger partial charge in [0.05, 0.1) is 12.7 Å². The fraction of sp³-hybridized carbons (Fsp3) is 0.571. The highest BCUT2D eigenvalue weighted by Crippen LogP contribution is 2.10. The third-order valence-corrected chi connectivity index (χ3v) is 2.61. The van der Waals surface area contributed by atoms with Crippen molar-refractivity contribution in [2.75, 3.05) is 13.1 Å². The molecule has 2 rings (SSSR count). The fourth-order valence-electron chi connectivity index (χ4n) is 1.75. The molecule has 0 saturated carbocycles. The van der Waals surface area contributed by atoms with Crippen LogP contribution in [0.25, 0.3) is 0 Å². The van der Waals surface area contributed by atoms with E-state index in [1.54, 1.807) is 0 Å². The molecule has 2 heteroatoms. The first kappa shape index (κ1) is 13.2. The number of ether oxygens (including phenoxy) is 1. The highest BCUT2D eigenvalue weighted by Gasteiger charge is 2.12. The van der Waals surface area contributed by atoms with Crippen molar-refractivity contribution in [2.24, 2.45) is 0 Å². The van der Waals surface area contributed by atoms with Crippen LogP contribution in [0.3, 0.4) is 0 Å². The van der Waals surface area contributed by atoms with E-state index in [-0.39, 0.29) is 0 Å². The van der Waals surface area contributed by atoms with Crippen LogP contribution in [0.15, 0.2) is 30.3 Å². The SMILES string of the molecule is CC.c1ccc(COC2CCNCC2)cc1. The third kappa shape index (κ3) is 4.77. The zero-order valence-electron chi connectivity index (χ0n) is 10.4. The van der Waals surface area contributed by atoms with Crippen LogP contribution < -0.4 is 5.32 Å². The zero-order chi connectivity index (χ0) is 11.6. The molecule has 16 heavy (non-hydrogen) atoms. The Balaban J connectivity index is 0.000000606. The van der Waals surface area contributed by atoms with Gasteiger partial charge in [-0.1, -0.05) is 44.2 Å². The van der Waals surface area contributed by atoms with Crippen LogP contribution in [0.1, 0.15) is 32.3 Å². The molecule has 1 aliphatic rings. The van der Waals surface area contributed by atoms with Crippen LogP contribution >= 0.6 is 0 Å². The van der Waals surface area contributed by atoms with Crippen molar-refractivity contribution in [3.8, 4) is 0 Å². The number of rotatable bonds is 3. The van der Waals surface area contributed by atoms with Gasteiger partial charge in [0.25, 0.3) is 0 Å². The summed E-state index contributed by atoms with van der Waals surface area (Å²) in [6.45, 7) is 6.95. The molecular formula is C14H23NO. The molecule has 1 aromatic carbocycles. The monoisotopic (exact) mass is 221 g/mol. The Morgan fingerprint density at radius 1 is 1.12 bits per heavy atom. The Bertz CT molecular complexity index is 255. The van der Waals surface area contributed by atoms with Crippen molar-refractivity contribution in [3.63, 3.8) is 0 Å². The summed E-state index contributed by atoms with van der Waals surface area (Å²) in [5.41, 5.74) is 1.27. The summed E-state index contributed by atoms with van der Waals surface area (Å²) in [6, 6.07) is 10.4. The van der Waals surface area contributed by atoms with Gasteiger partial charge in [0.1, 0.15) is 0 Å². The molecule has 1 N–H and O–H groups in total. The van der Waals surface area contributed by atoms with Gasteiger partial charge in [0, 0.05) is 0 Å². The van der Waals surface area contributed by atoms with E-state index in [9.17, 15) is 0 Å². The normalized spacial score (nSPS) is 16.4. The summed E-state index contributed by atoms with van der Waals surface area (Å²) in [5, 5.41) is 3.33. The summed E-state index contributed by atoms with van der Waals surface area (Å²) in [6.07, 6.45) is 2.75. The van der Waals surface area contributed by atoms with Gasteiger partial charge in [-0.2, -0.15) is 0 Å². The third-order valence-electron chi connectivity index (χ3n) is 2.61. The smallest absolute Gasteiger partial charge is 0.0720 e. The number of hydrogen-bond donors (Lipinski definition) is 1. The molecule has 90 valence electrons. The highest BCUT2D eigenvalue weighted by molar-refractivity contribution is 5.13. The summed E-state index contributed by atoms with van der Waals surface area (Å²) in [4.78, 5) is 0. The molecule has 0 radical (unpaired) electrons. The largest absolute Gasteiger partial charge is 0.373 e. The van der Waals surface area contributed by atoms with Gasteiger partial charge in [-0.15, -0.1) is 0 Å². The molecule has 1 saturated heterocycles. The van der Waals surface area contributed by atoms with Crippen LogP contribution in [0, 0.1) is 0 Å². The Kier molecular flexibility index (Phi) is 6.86. The van der Waals surface area contributed by atoms with E-state index in [1.165, 1.54) is 5.56 Å². The highest BCUT2D eigenvalue weighted by atomic mass is 16.5. The molecule has 1 aliphatic heterocycles. The van der Waals surface area contributed by atoms with Crippen molar-refractivity contribution in [1.82, 2.24) is 5.32 Å². The average Bonchev–Trinajstić information content (AvgIpc) is 2.41. The minimum absolute atomic E-state index is 0.455. The molecule has 0 atom stereocenters. The minimum Gasteiger partial charge on any atom is -0.373 e. The number of nitrogens with one attached hydrogen (secondary N) is 1. The predicted octanol–water partition coefficient (Wildman–Crippen LogP) is 2.98. The van der Waals surface area contributed by atoms with E-state index in [0.717, 1.165) is 32.5 Å². The van der Waals surface area contributed by atoms with Crippen molar-refractivity contribution in [2.45, 2.75) is 39.4 Å². The second-order valence-corrected chi connectivity index (χ2v) is 3.75. The van der Waals surface area contributed by atoms with Gasteiger partial charge in [0.15, 0.2) is 0 Å². The lowest BCUT2D eigenvalue weighted by Gasteiger charge is -2.22. The van der Waals surface area contributed by atoms with Crippen molar-refractivity contribution in [3.05, 3.63) is 35.9 Å². The second-order valence-electron chi connectivity index (χ2n) is 3.75. The van der Waals surface area contributed by atoms with E-state index < -0.39 is 0 Å². The topological polar surface area (TPSA) is 21.3 Å². The molecule has 0 spiro atoms. The quantitative estimate of drug-likeness (QED) is 0.847. The van der Waals surface area contributed by atoms with Crippen LogP contribution in [-0.4, -0.2) is 19.2 Å². The summed E-state index contributed by atoms with van der Waals surface area (Å²) in [5.74, 6) is 0.